The molecule has 0 fully saturated rings. The van der Waals surface area contributed by atoms with E-state index in [1.54, 1.807) is 7.11 Å². The van der Waals surface area contributed by atoms with E-state index < -0.39 is 0 Å². The van der Waals surface area contributed by atoms with Crippen LogP contribution in [0, 0.1) is 13.8 Å². The molecule has 0 amide bonds. The molecule has 2 nitrogen and oxygen atoms in total. The van der Waals surface area contributed by atoms with Gasteiger partial charge in [0.25, 0.3) is 0 Å². The quantitative estimate of drug-likeness (QED) is 0.626. The predicted octanol–water partition coefficient (Wildman–Crippen LogP) is 3.13. The number of ether oxygens (including phenoxy) is 1. The fourth-order valence-corrected chi connectivity index (χ4v) is 2.97. The van der Waals surface area contributed by atoms with Gasteiger partial charge in [-0.05, 0) is 32.3 Å². The first-order valence-corrected chi connectivity index (χ1v) is 7.10. The lowest BCUT2D eigenvalue weighted by molar-refractivity contribution is 0.196. The van der Waals surface area contributed by atoms with Crippen molar-refractivity contribution in [2.75, 3.05) is 26.8 Å². The standard InChI is InChI=1S/C17H25NO/c1-14-10-15(2)12-16(11-14)17(6-4-5-7-17)13-18-8-9-19-3/h4-5,10-12,18H,6-9,13H2,1-3H3. The Kier molecular flexibility index (Phi) is 4.78. The van der Waals surface area contributed by atoms with Crippen molar-refractivity contribution in [1.29, 1.82) is 0 Å². The van der Waals surface area contributed by atoms with Crippen LogP contribution in [0.25, 0.3) is 0 Å². The lowest BCUT2D eigenvalue weighted by Gasteiger charge is -2.31. The molecule has 0 bridgehead atoms. The highest BCUT2D eigenvalue weighted by atomic mass is 16.5. The van der Waals surface area contributed by atoms with Crippen LogP contribution in [0.2, 0.25) is 0 Å². The number of methoxy groups -OCH3 is 1. The Morgan fingerprint density at radius 2 is 1.74 bits per heavy atom. The van der Waals surface area contributed by atoms with Gasteiger partial charge in [0.05, 0.1) is 6.61 Å². The molecule has 2 heteroatoms. The highest BCUT2D eigenvalue weighted by molar-refractivity contribution is 5.37. The SMILES string of the molecule is COCCNCC1(c2cc(C)cc(C)c2)CC=CC1. The summed E-state index contributed by atoms with van der Waals surface area (Å²) < 4.78 is 5.11. The molecule has 1 aliphatic carbocycles. The van der Waals surface area contributed by atoms with Gasteiger partial charge in [-0.3, -0.25) is 0 Å². The molecule has 0 atom stereocenters. The van der Waals surface area contributed by atoms with Crippen LogP contribution in [-0.2, 0) is 10.2 Å². The molecule has 0 saturated heterocycles. The van der Waals surface area contributed by atoms with Crippen LogP contribution in [0.1, 0.15) is 29.5 Å². The van der Waals surface area contributed by atoms with Crippen molar-refractivity contribution in [1.82, 2.24) is 5.32 Å². The number of hydrogen-bond acceptors (Lipinski definition) is 2. The molecule has 2 rings (SSSR count). The highest BCUT2D eigenvalue weighted by Gasteiger charge is 2.32. The number of aryl methyl sites for hydroxylation is 2. The highest BCUT2D eigenvalue weighted by Crippen LogP contribution is 2.37. The first-order valence-electron chi connectivity index (χ1n) is 7.10. The normalized spacial score (nSPS) is 17.0. The molecular weight excluding hydrogens is 234 g/mol. The van der Waals surface area contributed by atoms with Gasteiger partial charge in [-0.2, -0.15) is 0 Å². The zero-order valence-corrected chi connectivity index (χ0v) is 12.3. The Hall–Kier alpha value is -1.12. The lowest BCUT2D eigenvalue weighted by atomic mass is 9.77. The minimum Gasteiger partial charge on any atom is -0.383 e. The van der Waals surface area contributed by atoms with Crippen LogP contribution in [-0.4, -0.2) is 26.8 Å². The van der Waals surface area contributed by atoms with Crippen LogP contribution in [0.4, 0.5) is 0 Å². The molecule has 1 aromatic carbocycles. The smallest absolute Gasteiger partial charge is 0.0587 e. The second-order valence-electron chi connectivity index (χ2n) is 5.71. The van der Waals surface area contributed by atoms with Gasteiger partial charge in [0.1, 0.15) is 0 Å². The topological polar surface area (TPSA) is 21.3 Å². The summed E-state index contributed by atoms with van der Waals surface area (Å²) >= 11 is 0. The summed E-state index contributed by atoms with van der Waals surface area (Å²) in [5, 5.41) is 3.54. The number of allylic oxidation sites excluding steroid dienone is 2. The number of benzene rings is 1. The van der Waals surface area contributed by atoms with Crippen molar-refractivity contribution in [3.8, 4) is 0 Å². The molecule has 0 saturated carbocycles. The maximum Gasteiger partial charge on any atom is 0.0587 e. The van der Waals surface area contributed by atoms with Crippen molar-refractivity contribution in [3.63, 3.8) is 0 Å². The van der Waals surface area contributed by atoms with Gasteiger partial charge in [0, 0.05) is 25.6 Å². The van der Waals surface area contributed by atoms with E-state index in [-0.39, 0.29) is 5.41 Å². The third-order valence-electron chi connectivity index (χ3n) is 3.96. The maximum absolute atomic E-state index is 5.11. The second kappa shape index (κ2) is 6.36. The molecule has 0 radical (unpaired) electrons. The number of nitrogens with one attached hydrogen (secondary N) is 1. The van der Waals surface area contributed by atoms with Crippen LogP contribution in [0.5, 0.6) is 0 Å². The summed E-state index contributed by atoms with van der Waals surface area (Å²) in [5.41, 5.74) is 4.43. The van der Waals surface area contributed by atoms with Gasteiger partial charge < -0.3 is 10.1 Å². The Balaban J connectivity index is 2.14. The Labute approximate surface area is 116 Å². The Bertz CT molecular complexity index is 422. The largest absolute Gasteiger partial charge is 0.383 e. The van der Waals surface area contributed by atoms with Crippen molar-refractivity contribution < 1.29 is 4.74 Å². The van der Waals surface area contributed by atoms with E-state index in [1.165, 1.54) is 16.7 Å². The van der Waals surface area contributed by atoms with Crippen LogP contribution >= 0.6 is 0 Å². The minimum atomic E-state index is 0.241. The molecule has 1 N–H and O–H groups in total. The average molecular weight is 259 g/mol. The third kappa shape index (κ3) is 3.46. The van der Waals surface area contributed by atoms with Gasteiger partial charge in [0.15, 0.2) is 0 Å². The molecule has 0 aromatic heterocycles. The van der Waals surface area contributed by atoms with E-state index in [1.807, 2.05) is 0 Å². The zero-order chi connectivity index (χ0) is 13.7. The van der Waals surface area contributed by atoms with Gasteiger partial charge in [-0.25, -0.2) is 0 Å². The fraction of sp³-hybridized carbons (Fsp3) is 0.529. The summed E-state index contributed by atoms with van der Waals surface area (Å²) in [6.07, 6.45) is 6.90. The zero-order valence-electron chi connectivity index (χ0n) is 12.3. The molecule has 0 aliphatic heterocycles. The van der Waals surface area contributed by atoms with Crippen molar-refractivity contribution in [2.24, 2.45) is 0 Å². The van der Waals surface area contributed by atoms with Crippen LogP contribution < -0.4 is 5.32 Å². The van der Waals surface area contributed by atoms with E-state index in [9.17, 15) is 0 Å². The number of hydrogen-bond donors (Lipinski definition) is 1. The van der Waals surface area contributed by atoms with E-state index in [2.05, 4.69) is 49.5 Å². The molecule has 0 spiro atoms. The summed E-state index contributed by atoms with van der Waals surface area (Å²) in [6, 6.07) is 6.94. The third-order valence-corrected chi connectivity index (χ3v) is 3.96. The van der Waals surface area contributed by atoms with Crippen LogP contribution in [0.15, 0.2) is 30.4 Å². The van der Waals surface area contributed by atoms with Gasteiger partial charge >= 0.3 is 0 Å². The van der Waals surface area contributed by atoms with Crippen molar-refractivity contribution in [2.45, 2.75) is 32.1 Å². The summed E-state index contributed by atoms with van der Waals surface area (Å²) in [4.78, 5) is 0. The van der Waals surface area contributed by atoms with Gasteiger partial charge in [-0.1, -0.05) is 41.5 Å². The molecule has 1 aliphatic rings. The van der Waals surface area contributed by atoms with Crippen molar-refractivity contribution in [3.05, 3.63) is 47.0 Å². The minimum absolute atomic E-state index is 0.241. The average Bonchev–Trinajstić information content (AvgIpc) is 2.84. The molecule has 19 heavy (non-hydrogen) atoms. The van der Waals surface area contributed by atoms with E-state index >= 15 is 0 Å². The first-order chi connectivity index (χ1) is 9.16. The molecule has 0 heterocycles. The van der Waals surface area contributed by atoms with Gasteiger partial charge in [0.2, 0.25) is 0 Å². The van der Waals surface area contributed by atoms with E-state index in [0.29, 0.717) is 0 Å². The summed E-state index contributed by atoms with van der Waals surface area (Å²) in [6.45, 7) is 7.08. The molecule has 104 valence electrons. The fourth-order valence-electron chi connectivity index (χ4n) is 2.97. The second-order valence-corrected chi connectivity index (χ2v) is 5.71. The van der Waals surface area contributed by atoms with E-state index in [0.717, 1.165) is 32.5 Å². The maximum atomic E-state index is 5.11. The Morgan fingerprint density at radius 1 is 1.11 bits per heavy atom. The van der Waals surface area contributed by atoms with Crippen LogP contribution in [0.3, 0.4) is 0 Å². The van der Waals surface area contributed by atoms with Crippen molar-refractivity contribution >= 4 is 0 Å². The molecular formula is C17H25NO. The van der Waals surface area contributed by atoms with Gasteiger partial charge in [-0.15, -0.1) is 0 Å². The monoisotopic (exact) mass is 259 g/mol. The summed E-state index contributed by atoms with van der Waals surface area (Å²) in [7, 11) is 1.75. The lowest BCUT2D eigenvalue weighted by Crippen LogP contribution is -2.37. The molecule has 0 unspecified atom stereocenters. The van der Waals surface area contributed by atoms with E-state index in [4.69, 9.17) is 4.74 Å². The predicted molar refractivity (Wildman–Crippen MR) is 80.7 cm³/mol. The Morgan fingerprint density at radius 3 is 2.32 bits per heavy atom. The number of rotatable bonds is 6. The first kappa shape index (κ1) is 14.3. The molecule has 1 aromatic rings. The summed E-state index contributed by atoms with van der Waals surface area (Å²) in [5.74, 6) is 0.